The monoisotopic (exact) mass is 266 g/mol. The van der Waals surface area contributed by atoms with Crippen molar-refractivity contribution in [3.8, 4) is 0 Å². The smallest absolute Gasteiger partial charge is 0.0610 e. The zero-order chi connectivity index (χ0) is 13.8. The molecule has 1 aliphatic rings. The van der Waals surface area contributed by atoms with E-state index in [1.165, 1.54) is 37.7 Å². The highest BCUT2D eigenvalue weighted by Crippen LogP contribution is 2.38. The number of nitrogens with two attached hydrogens (primary N) is 1. The lowest BCUT2D eigenvalue weighted by Crippen LogP contribution is -2.26. The molecule has 0 atom stereocenters. The van der Waals surface area contributed by atoms with Gasteiger partial charge in [0, 0.05) is 0 Å². The van der Waals surface area contributed by atoms with E-state index in [1.807, 2.05) is 23.2 Å². The number of para-hydroxylation sites is 2. The maximum atomic E-state index is 6.36. The molecule has 2 heteroatoms. The van der Waals surface area contributed by atoms with Crippen molar-refractivity contribution in [2.75, 3.05) is 5.01 Å². The molecule has 0 unspecified atom stereocenters. The predicted molar refractivity (Wildman–Crippen MR) is 85.0 cm³/mol. The van der Waals surface area contributed by atoms with Gasteiger partial charge in [0.05, 0.1) is 11.4 Å². The molecule has 1 fully saturated rings. The SMILES string of the molecule is NN(c1ccccc1)c1ccccc1C1CCCCC1. The van der Waals surface area contributed by atoms with Crippen molar-refractivity contribution >= 4 is 11.4 Å². The topological polar surface area (TPSA) is 29.3 Å². The Labute approximate surface area is 121 Å². The summed E-state index contributed by atoms with van der Waals surface area (Å²) in [6, 6.07) is 18.8. The van der Waals surface area contributed by atoms with Crippen molar-refractivity contribution in [2.45, 2.75) is 38.0 Å². The van der Waals surface area contributed by atoms with Gasteiger partial charge in [-0.2, -0.15) is 0 Å². The summed E-state index contributed by atoms with van der Waals surface area (Å²) >= 11 is 0. The van der Waals surface area contributed by atoms with Crippen molar-refractivity contribution in [1.82, 2.24) is 0 Å². The van der Waals surface area contributed by atoms with E-state index in [0.717, 1.165) is 11.4 Å². The molecule has 0 heterocycles. The van der Waals surface area contributed by atoms with Gasteiger partial charge in [-0.05, 0) is 42.5 Å². The molecule has 3 rings (SSSR count). The van der Waals surface area contributed by atoms with Crippen molar-refractivity contribution < 1.29 is 0 Å². The second-order valence-electron chi connectivity index (χ2n) is 5.60. The Balaban J connectivity index is 1.93. The summed E-state index contributed by atoms with van der Waals surface area (Å²) in [5.41, 5.74) is 3.58. The number of benzene rings is 2. The molecule has 2 aromatic carbocycles. The van der Waals surface area contributed by atoms with Gasteiger partial charge in [-0.1, -0.05) is 55.7 Å². The summed E-state index contributed by atoms with van der Waals surface area (Å²) in [5, 5.41) is 1.82. The van der Waals surface area contributed by atoms with Gasteiger partial charge >= 0.3 is 0 Å². The fourth-order valence-corrected chi connectivity index (χ4v) is 3.19. The molecule has 1 aliphatic carbocycles. The fraction of sp³-hybridized carbons (Fsp3) is 0.333. The lowest BCUT2D eigenvalue weighted by molar-refractivity contribution is 0.444. The molecule has 2 nitrogen and oxygen atoms in total. The summed E-state index contributed by atoms with van der Waals surface area (Å²) in [6.45, 7) is 0. The zero-order valence-electron chi connectivity index (χ0n) is 11.8. The second kappa shape index (κ2) is 6.10. The van der Waals surface area contributed by atoms with Crippen LogP contribution in [0.5, 0.6) is 0 Å². The van der Waals surface area contributed by atoms with Gasteiger partial charge in [-0.25, -0.2) is 5.84 Å². The van der Waals surface area contributed by atoms with Crippen LogP contribution in [0.1, 0.15) is 43.6 Å². The highest BCUT2D eigenvalue weighted by Gasteiger charge is 2.20. The van der Waals surface area contributed by atoms with E-state index in [4.69, 9.17) is 5.84 Å². The molecule has 0 radical (unpaired) electrons. The van der Waals surface area contributed by atoms with Gasteiger partial charge in [0.1, 0.15) is 0 Å². The third-order valence-corrected chi connectivity index (χ3v) is 4.28. The normalized spacial score (nSPS) is 16.1. The molecule has 0 spiro atoms. The lowest BCUT2D eigenvalue weighted by atomic mass is 9.83. The van der Waals surface area contributed by atoms with E-state index in [2.05, 4.69) is 36.4 Å². The van der Waals surface area contributed by atoms with Crippen molar-refractivity contribution in [1.29, 1.82) is 0 Å². The molecule has 0 amide bonds. The first-order chi connectivity index (χ1) is 9.86. The highest BCUT2D eigenvalue weighted by atomic mass is 15.4. The quantitative estimate of drug-likeness (QED) is 0.642. The van der Waals surface area contributed by atoms with Crippen LogP contribution in [-0.4, -0.2) is 0 Å². The lowest BCUT2D eigenvalue weighted by Gasteiger charge is -2.28. The molecular formula is C18H22N2. The van der Waals surface area contributed by atoms with Crippen LogP contribution in [0.25, 0.3) is 0 Å². The minimum atomic E-state index is 0.662. The van der Waals surface area contributed by atoms with Gasteiger partial charge in [0.2, 0.25) is 0 Å². The standard InChI is InChI=1S/C18H22N2/c19-20(16-11-5-2-6-12-16)18-14-8-7-13-17(18)15-9-3-1-4-10-15/h2,5-8,11-15H,1,3-4,9-10,19H2. The van der Waals surface area contributed by atoms with Crippen LogP contribution in [0, 0.1) is 0 Å². The molecule has 0 aliphatic heterocycles. The highest BCUT2D eigenvalue weighted by molar-refractivity contribution is 5.65. The number of rotatable bonds is 3. The van der Waals surface area contributed by atoms with Gasteiger partial charge in [0.15, 0.2) is 0 Å². The number of hydrogen-bond donors (Lipinski definition) is 1. The number of hydrazine groups is 1. The average molecular weight is 266 g/mol. The number of nitrogens with zero attached hydrogens (tertiary/aromatic N) is 1. The Morgan fingerprint density at radius 3 is 2.20 bits per heavy atom. The molecule has 0 saturated heterocycles. The first kappa shape index (κ1) is 13.2. The number of anilines is 2. The van der Waals surface area contributed by atoms with Gasteiger partial charge in [-0.3, -0.25) is 5.01 Å². The van der Waals surface area contributed by atoms with Crippen LogP contribution < -0.4 is 10.9 Å². The molecule has 2 N–H and O–H groups in total. The second-order valence-corrected chi connectivity index (χ2v) is 5.60. The van der Waals surface area contributed by atoms with E-state index < -0.39 is 0 Å². The zero-order valence-corrected chi connectivity index (χ0v) is 11.8. The largest absolute Gasteiger partial charge is 0.279 e. The first-order valence-electron chi connectivity index (χ1n) is 7.55. The minimum Gasteiger partial charge on any atom is -0.279 e. The molecular weight excluding hydrogens is 244 g/mol. The number of hydrogen-bond acceptors (Lipinski definition) is 2. The van der Waals surface area contributed by atoms with Crippen LogP contribution in [0.3, 0.4) is 0 Å². The Bertz CT molecular complexity index is 544. The van der Waals surface area contributed by atoms with Crippen LogP contribution in [0.4, 0.5) is 11.4 Å². The Kier molecular flexibility index (Phi) is 4.03. The predicted octanol–water partition coefficient (Wildman–Crippen LogP) is 4.75. The Hall–Kier alpha value is -1.80. The van der Waals surface area contributed by atoms with Gasteiger partial charge in [-0.15, -0.1) is 0 Å². The molecule has 2 aromatic rings. The van der Waals surface area contributed by atoms with E-state index in [-0.39, 0.29) is 0 Å². The van der Waals surface area contributed by atoms with E-state index in [9.17, 15) is 0 Å². The molecule has 104 valence electrons. The fourth-order valence-electron chi connectivity index (χ4n) is 3.19. The third-order valence-electron chi connectivity index (χ3n) is 4.28. The average Bonchev–Trinajstić information content (AvgIpc) is 2.56. The van der Waals surface area contributed by atoms with E-state index in [0.29, 0.717) is 5.92 Å². The summed E-state index contributed by atoms with van der Waals surface area (Å²) in [4.78, 5) is 0. The third kappa shape index (κ3) is 2.70. The molecule has 1 saturated carbocycles. The van der Waals surface area contributed by atoms with E-state index in [1.54, 1.807) is 0 Å². The Morgan fingerprint density at radius 1 is 0.800 bits per heavy atom. The van der Waals surface area contributed by atoms with Crippen LogP contribution >= 0.6 is 0 Å². The van der Waals surface area contributed by atoms with Gasteiger partial charge in [0.25, 0.3) is 0 Å². The van der Waals surface area contributed by atoms with Gasteiger partial charge < -0.3 is 0 Å². The first-order valence-corrected chi connectivity index (χ1v) is 7.55. The summed E-state index contributed by atoms with van der Waals surface area (Å²) in [5.74, 6) is 7.02. The van der Waals surface area contributed by atoms with Crippen LogP contribution in [0.2, 0.25) is 0 Å². The van der Waals surface area contributed by atoms with Crippen molar-refractivity contribution in [3.63, 3.8) is 0 Å². The minimum absolute atomic E-state index is 0.662. The summed E-state index contributed by atoms with van der Waals surface area (Å²) < 4.78 is 0. The maximum absolute atomic E-state index is 6.36. The summed E-state index contributed by atoms with van der Waals surface area (Å²) in [7, 11) is 0. The molecule has 0 aromatic heterocycles. The van der Waals surface area contributed by atoms with Crippen LogP contribution in [-0.2, 0) is 0 Å². The van der Waals surface area contributed by atoms with Crippen molar-refractivity contribution in [2.24, 2.45) is 5.84 Å². The maximum Gasteiger partial charge on any atom is 0.0610 e. The van der Waals surface area contributed by atoms with Crippen LogP contribution in [0.15, 0.2) is 54.6 Å². The van der Waals surface area contributed by atoms with E-state index >= 15 is 0 Å². The molecule has 20 heavy (non-hydrogen) atoms. The molecule has 0 bridgehead atoms. The Morgan fingerprint density at radius 2 is 1.45 bits per heavy atom. The summed E-state index contributed by atoms with van der Waals surface area (Å²) in [6.07, 6.45) is 6.65. The van der Waals surface area contributed by atoms with Crippen molar-refractivity contribution in [3.05, 3.63) is 60.2 Å².